The molecule has 3 rings (SSSR count). The summed E-state index contributed by atoms with van der Waals surface area (Å²) >= 11 is 0. The average molecular weight is 353 g/mol. The lowest BCUT2D eigenvalue weighted by Crippen LogP contribution is -2.29. The Balaban J connectivity index is 1.60. The molecule has 1 aliphatic rings. The van der Waals surface area contributed by atoms with Crippen LogP contribution >= 0.6 is 0 Å². The first-order valence-electron chi connectivity index (χ1n) is 7.64. The number of Topliss-reactive ketones (excluding diaryl/α,β-unsaturated/α-hetero) is 1. The third-order valence-electron chi connectivity index (χ3n) is 3.75. The molecule has 0 aliphatic heterocycles. The van der Waals surface area contributed by atoms with Crippen LogP contribution in [0.5, 0.6) is 0 Å². The van der Waals surface area contributed by atoms with Crippen molar-refractivity contribution in [3.05, 3.63) is 35.7 Å². The molecular weight excluding hydrogens is 339 g/mol. The first-order chi connectivity index (χ1) is 11.8. The van der Waals surface area contributed by atoms with Gasteiger partial charge in [-0.15, -0.1) is 0 Å². The predicted molar refractivity (Wildman–Crippen MR) is 79.4 cm³/mol. The van der Waals surface area contributed by atoms with Gasteiger partial charge in [0, 0.05) is 17.5 Å². The van der Waals surface area contributed by atoms with Crippen molar-refractivity contribution in [1.82, 2.24) is 15.5 Å². The van der Waals surface area contributed by atoms with E-state index in [1.54, 1.807) is 0 Å². The summed E-state index contributed by atoms with van der Waals surface area (Å²) < 4.78 is 41.5. The van der Waals surface area contributed by atoms with Gasteiger partial charge in [-0.3, -0.25) is 9.59 Å². The fourth-order valence-corrected chi connectivity index (χ4v) is 2.20. The molecule has 0 radical (unpaired) electrons. The van der Waals surface area contributed by atoms with Crippen LogP contribution in [0.4, 0.5) is 13.2 Å². The fraction of sp³-hybridized carbons (Fsp3) is 0.375. The molecule has 1 aromatic heterocycles. The van der Waals surface area contributed by atoms with E-state index in [0.29, 0.717) is 17.9 Å². The number of ketones is 1. The number of carbonyl (C=O) groups excluding carboxylic acids is 2. The van der Waals surface area contributed by atoms with Gasteiger partial charge in [-0.05, 0) is 18.8 Å². The summed E-state index contributed by atoms with van der Waals surface area (Å²) in [6.07, 6.45) is -2.17. The van der Waals surface area contributed by atoms with Gasteiger partial charge in [0.15, 0.2) is 5.78 Å². The van der Waals surface area contributed by atoms with Gasteiger partial charge >= 0.3 is 12.1 Å². The highest BCUT2D eigenvalue weighted by Gasteiger charge is 2.38. The van der Waals surface area contributed by atoms with Crippen LogP contribution in [-0.2, 0) is 11.0 Å². The number of carbonyl (C=O) groups is 2. The predicted octanol–water partition coefficient (Wildman–Crippen LogP) is 2.85. The maximum absolute atomic E-state index is 12.4. The molecule has 1 fully saturated rings. The fourth-order valence-electron chi connectivity index (χ4n) is 2.20. The Morgan fingerprint density at radius 3 is 2.44 bits per heavy atom. The van der Waals surface area contributed by atoms with Gasteiger partial charge < -0.3 is 9.84 Å². The Morgan fingerprint density at radius 2 is 1.88 bits per heavy atom. The lowest BCUT2D eigenvalue weighted by molar-refractivity contribution is -0.159. The Kier molecular flexibility index (Phi) is 4.56. The van der Waals surface area contributed by atoms with Gasteiger partial charge in [-0.2, -0.15) is 18.2 Å². The van der Waals surface area contributed by atoms with Crippen LogP contribution in [0.15, 0.2) is 28.8 Å². The summed E-state index contributed by atoms with van der Waals surface area (Å²) in [4.78, 5) is 26.9. The van der Waals surface area contributed by atoms with E-state index in [-0.39, 0.29) is 29.6 Å². The minimum atomic E-state index is -4.71. The molecule has 132 valence electrons. The average Bonchev–Trinajstić information content (AvgIpc) is 3.23. The Morgan fingerprint density at radius 1 is 1.20 bits per heavy atom. The summed E-state index contributed by atoms with van der Waals surface area (Å²) in [5.74, 6) is -1.66. The van der Waals surface area contributed by atoms with E-state index in [0.717, 1.165) is 12.8 Å². The van der Waals surface area contributed by atoms with Gasteiger partial charge in [0.2, 0.25) is 11.7 Å². The van der Waals surface area contributed by atoms with Crippen molar-refractivity contribution in [2.45, 2.75) is 25.4 Å². The van der Waals surface area contributed by atoms with Crippen LogP contribution in [0.3, 0.4) is 0 Å². The quantitative estimate of drug-likeness (QED) is 0.807. The highest BCUT2D eigenvalue weighted by Crippen LogP contribution is 2.32. The molecule has 0 unspecified atom stereocenters. The zero-order valence-electron chi connectivity index (χ0n) is 13.0. The summed E-state index contributed by atoms with van der Waals surface area (Å²) in [5.41, 5.74) is 0.614. The molecule has 2 aromatic rings. The molecule has 0 spiro atoms. The number of nitrogens with one attached hydrogen (secondary N) is 1. The normalized spacial score (nSPS) is 14.4. The topological polar surface area (TPSA) is 85.1 Å². The first kappa shape index (κ1) is 17.1. The molecule has 1 N–H and O–H groups in total. The molecular formula is C16H14F3N3O3. The second-order valence-corrected chi connectivity index (χ2v) is 5.85. The van der Waals surface area contributed by atoms with E-state index in [9.17, 15) is 22.8 Å². The Hall–Kier alpha value is -2.71. The lowest BCUT2D eigenvalue weighted by Gasteiger charge is -2.04. The molecule has 0 atom stereocenters. The molecule has 1 amide bonds. The zero-order chi connectivity index (χ0) is 18.0. The largest absolute Gasteiger partial charge is 0.471 e. The second kappa shape index (κ2) is 6.66. The molecule has 9 heteroatoms. The van der Waals surface area contributed by atoms with Crippen LogP contribution in [-0.4, -0.2) is 28.4 Å². The molecule has 0 saturated heterocycles. The van der Waals surface area contributed by atoms with Crippen LogP contribution in [0.1, 0.15) is 35.5 Å². The summed E-state index contributed by atoms with van der Waals surface area (Å²) in [6.45, 7) is -0.120. The number of hydrogen-bond acceptors (Lipinski definition) is 5. The number of alkyl halides is 3. The maximum Gasteiger partial charge on any atom is 0.471 e. The lowest BCUT2D eigenvalue weighted by atomic mass is 10.1. The summed E-state index contributed by atoms with van der Waals surface area (Å²) in [5, 5.41) is 5.84. The Bertz CT molecular complexity index is 780. The molecule has 6 nitrogen and oxygen atoms in total. The van der Waals surface area contributed by atoms with Crippen molar-refractivity contribution in [1.29, 1.82) is 0 Å². The monoisotopic (exact) mass is 353 g/mol. The summed E-state index contributed by atoms with van der Waals surface area (Å²) in [6, 6.07) is 5.72. The van der Waals surface area contributed by atoms with Gasteiger partial charge in [-0.25, -0.2) is 0 Å². The van der Waals surface area contributed by atoms with Crippen LogP contribution in [0.25, 0.3) is 11.4 Å². The number of halogens is 3. The highest BCUT2D eigenvalue weighted by molar-refractivity contribution is 5.99. The van der Waals surface area contributed by atoms with Gasteiger partial charge in [-0.1, -0.05) is 29.4 Å². The smallest absolute Gasteiger partial charge is 0.349 e. The molecule has 1 aromatic carbocycles. The van der Waals surface area contributed by atoms with Crippen LogP contribution in [0.2, 0.25) is 0 Å². The van der Waals surface area contributed by atoms with Crippen molar-refractivity contribution in [2.75, 3.05) is 6.54 Å². The molecule has 25 heavy (non-hydrogen) atoms. The summed E-state index contributed by atoms with van der Waals surface area (Å²) in [7, 11) is 0. The third kappa shape index (κ3) is 4.43. The minimum Gasteiger partial charge on any atom is -0.349 e. The van der Waals surface area contributed by atoms with Crippen molar-refractivity contribution in [3.63, 3.8) is 0 Å². The number of nitrogens with zero attached hydrogens (tertiary/aromatic N) is 2. The van der Waals surface area contributed by atoms with Crippen molar-refractivity contribution >= 4 is 11.7 Å². The third-order valence-corrected chi connectivity index (χ3v) is 3.75. The van der Waals surface area contributed by atoms with E-state index in [2.05, 4.69) is 20.0 Å². The number of amides is 1. The van der Waals surface area contributed by atoms with E-state index in [4.69, 9.17) is 0 Å². The number of hydrogen-bond donors (Lipinski definition) is 1. The number of benzene rings is 1. The van der Waals surface area contributed by atoms with Crippen molar-refractivity contribution in [3.8, 4) is 11.4 Å². The number of aromatic nitrogens is 2. The van der Waals surface area contributed by atoms with Gasteiger partial charge in [0.05, 0.1) is 6.54 Å². The van der Waals surface area contributed by atoms with Crippen LogP contribution in [0, 0.1) is 5.92 Å². The van der Waals surface area contributed by atoms with Crippen molar-refractivity contribution < 1.29 is 27.3 Å². The van der Waals surface area contributed by atoms with Gasteiger partial charge in [0.1, 0.15) is 0 Å². The standard InChI is InChI=1S/C16H14F3N3O3/c17-16(18,19)15-21-14(22-25-15)11-5-3-10(4-6-11)12(23)8-20-13(24)7-9-1-2-9/h3-6,9H,1-2,7-8H2,(H,20,24). The maximum atomic E-state index is 12.4. The number of rotatable bonds is 6. The zero-order valence-corrected chi connectivity index (χ0v) is 13.0. The second-order valence-electron chi connectivity index (χ2n) is 5.85. The highest BCUT2D eigenvalue weighted by atomic mass is 19.4. The molecule has 0 bridgehead atoms. The van der Waals surface area contributed by atoms with E-state index in [1.165, 1.54) is 24.3 Å². The van der Waals surface area contributed by atoms with E-state index in [1.807, 2.05) is 0 Å². The Labute approximate surface area is 140 Å². The minimum absolute atomic E-state index is 0.120. The van der Waals surface area contributed by atoms with E-state index < -0.39 is 12.1 Å². The van der Waals surface area contributed by atoms with Crippen LogP contribution < -0.4 is 5.32 Å². The SMILES string of the molecule is O=C(CC1CC1)NCC(=O)c1ccc(-c2noc(C(F)(F)F)n2)cc1. The van der Waals surface area contributed by atoms with Crippen molar-refractivity contribution in [2.24, 2.45) is 5.92 Å². The first-order valence-corrected chi connectivity index (χ1v) is 7.64. The molecule has 1 aliphatic carbocycles. The van der Waals surface area contributed by atoms with E-state index >= 15 is 0 Å². The molecule has 1 saturated carbocycles. The molecule has 1 heterocycles. The van der Waals surface area contributed by atoms with Gasteiger partial charge in [0.25, 0.3) is 0 Å².